The van der Waals surface area contributed by atoms with Crippen molar-refractivity contribution in [1.82, 2.24) is 9.97 Å². The van der Waals surface area contributed by atoms with Crippen LogP contribution in [0.4, 0.5) is 5.69 Å². The fraction of sp³-hybridized carbons (Fsp3) is 0.286. The lowest BCUT2D eigenvalue weighted by atomic mass is 10.0. The number of carbonyl (C=O) groups excluding carboxylic acids is 1. The fourth-order valence-corrected chi connectivity index (χ4v) is 5.00. The van der Waals surface area contributed by atoms with Gasteiger partial charge in [-0.2, -0.15) is 5.26 Å². The minimum absolute atomic E-state index is 0.0181. The number of nitriles is 1. The molecule has 1 fully saturated rings. The van der Waals surface area contributed by atoms with E-state index in [1.807, 2.05) is 31.2 Å². The normalized spacial score (nSPS) is 13.1. The van der Waals surface area contributed by atoms with E-state index in [0.717, 1.165) is 24.3 Å². The van der Waals surface area contributed by atoms with Crippen LogP contribution in [-0.4, -0.2) is 56.0 Å². The molecule has 4 aromatic rings. The minimum Gasteiger partial charge on any atom is -0.472 e. The summed E-state index contributed by atoms with van der Waals surface area (Å²) >= 11 is 1.26. The Bertz CT molecular complexity index is 1480. The molecular weight excluding hydrogens is 520 g/mol. The first-order chi connectivity index (χ1) is 19.1. The van der Waals surface area contributed by atoms with Crippen molar-refractivity contribution in [1.29, 1.82) is 5.26 Å². The topological polar surface area (TPSA) is 120 Å². The van der Waals surface area contributed by atoms with Gasteiger partial charge in [0.1, 0.15) is 29.3 Å². The number of morpholine rings is 1. The molecule has 0 aliphatic carbocycles. The molecule has 0 radical (unpaired) electrons. The second kappa shape index (κ2) is 12.0. The van der Waals surface area contributed by atoms with Crippen molar-refractivity contribution in [3.8, 4) is 40.6 Å². The Balaban J connectivity index is 1.52. The number of thiophene rings is 1. The SMILES string of the molecule is CCOc1cnc(-c2cc(-c3ccc(N4CCOCC4)cc3)nc(OCc3ccsc3C(=O)OC)c2C#N)o1. The highest BCUT2D eigenvalue weighted by atomic mass is 32.1. The molecule has 4 heterocycles. The first-order valence-electron chi connectivity index (χ1n) is 12.4. The van der Waals surface area contributed by atoms with Crippen LogP contribution in [-0.2, 0) is 16.1 Å². The largest absolute Gasteiger partial charge is 0.472 e. The summed E-state index contributed by atoms with van der Waals surface area (Å²) in [4.78, 5) is 23.8. The second-order valence-electron chi connectivity index (χ2n) is 8.47. The van der Waals surface area contributed by atoms with Gasteiger partial charge in [0.25, 0.3) is 0 Å². The number of nitrogens with zero attached hydrogens (tertiary/aromatic N) is 4. The predicted octanol–water partition coefficient (Wildman–Crippen LogP) is 4.94. The quantitative estimate of drug-likeness (QED) is 0.267. The summed E-state index contributed by atoms with van der Waals surface area (Å²) < 4.78 is 27.6. The van der Waals surface area contributed by atoms with Crippen LogP contribution in [0, 0.1) is 11.3 Å². The standard InChI is InChI=1S/C28H26N4O6S/c1-3-36-24-16-30-26(38-24)21-14-23(18-4-6-20(7-5-18)32-9-11-35-12-10-32)31-27(22(21)15-29)37-17-19-8-13-39-25(19)28(33)34-2/h4-8,13-14,16H,3,9-12,17H2,1-2H3. The first-order valence-corrected chi connectivity index (χ1v) is 13.2. The van der Waals surface area contributed by atoms with Crippen LogP contribution in [0.2, 0.25) is 0 Å². The van der Waals surface area contributed by atoms with Gasteiger partial charge in [0.05, 0.1) is 38.2 Å². The fourth-order valence-electron chi connectivity index (χ4n) is 4.18. The molecular formula is C28H26N4O6S. The van der Waals surface area contributed by atoms with E-state index in [4.69, 9.17) is 23.4 Å². The minimum atomic E-state index is -0.449. The number of carbonyl (C=O) groups is 1. The van der Waals surface area contributed by atoms with Crippen LogP contribution in [0.5, 0.6) is 11.8 Å². The Labute approximate surface area is 229 Å². The smallest absolute Gasteiger partial charge is 0.348 e. The Morgan fingerprint density at radius 3 is 2.69 bits per heavy atom. The predicted molar refractivity (Wildman–Crippen MR) is 144 cm³/mol. The molecule has 0 atom stereocenters. The van der Waals surface area contributed by atoms with Crippen LogP contribution in [0.3, 0.4) is 0 Å². The molecule has 1 aromatic carbocycles. The van der Waals surface area contributed by atoms with Gasteiger partial charge in [0.2, 0.25) is 11.8 Å². The van der Waals surface area contributed by atoms with Crippen molar-refractivity contribution in [3.05, 3.63) is 64.0 Å². The third-order valence-corrected chi connectivity index (χ3v) is 7.06. The zero-order valence-electron chi connectivity index (χ0n) is 21.5. The van der Waals surface area contributed by atoms with E-state index >= 15 is 0 Å². The Morgan fingerprint density at radius 2 is 1.97 bits per heavy atom. The molecule has 10 nitrogen and oxygen atoms in total. The second-order valence-corrected chi connectivity index (χ2v) is 9.38. The Morgan fingerprint density at radius 1 is 1.18 bits per heavy atom. The summed E-state index contributed by atoms with van der Waals surface area (Å²) in [5.74, 6) is 0.0998. The van der Waals surface area contributed by atoms with Crippen molar-refractivity contribution < 1.29 is 28.2 Å². The van der Waals surface area contributed by atoms with Crippen LogP contribution >= 0.6 is 11.3 Å². The van der Waals surface area contributed by atoms with Crippen LogP contribution in [0.15, 0.2) is 52.4 Å². The summed E-state index contributed by atoms with van der Waals surface area (Å²) in [6.07, 6.45) is 1.46. The third-order valence-electron chi connectivity index (χ3n) is 6.12. The number of ether oxygens (including phenoxy) is 4. The van der Waals surface area contributed by atoms with E-state index in [0.29, 0.717) is 41.5 Å². The average molecular weight is 547 g/mol. The number of hydrogen-bond acceptors (Lipinski definition) is 11. The maximum Gasteiger partial charge on any atom is 0.348 e. The lowest BCUT2D eigenvalue weighted by Crippen LogP contribution is -2.36. The van der Waals surface area contributed by atoms with E-state index in [2.05, 4.69) is 20.9 Å². The highest BCUT2D eigenvalue weighted by molar-refractivity contribution is 7.12. The first kappa shape index (κ1) is 26.2. The molecule has 1 aliphatic rings. The Kier molecular flexibility index (Phi) is 8.05. The van der Waals surface area contributed by atoms with Gasteiger partial charge in [-0.1, -0.05) is 12.1 Å². The van der Waals surface area contributed by atoms with E-state index in [1.54, 1.807) is 17.5 Å². The molecule has 3 aromatic heterocycles. The summed E-state index contributed by atoms with van der Waals surface area (Å²) in [6, 6.07) is 13.7. The number of methoxy groups -OCH3 is 1. The van der Waals surface area contributed by atoms with Gasteiger partial charge in [-0.15, -0.1) is 11.3 Å². The van der Waals surface area contributed by atoms with Crippen molar-refractivity contribution >= 4 is 23.0 Å². The van der Waals surface area contributed by atoms with Crippen LogP contribution in [0.1, 0.15) is 27.7 Å². The number of rotatable bonds is 9. The summed E-state index contributed by atoms with van der Waals surface area (Å²) in [6.45, 7) is 5.33. The molecule has 0 amide bonds. The zero-order chi connectivity index (χ0) is 27.2. The molecule has 200 valence electrons. The lowest BCUT2D eigenvalue weighted by Gasteiger charge is -2.28. The number of hydrogen-bond donors (Lipinski definition) is 0. The number of aromatic nitrogens is 2. The molecule has 0 bridgehead atoms. The molecule has 1 aliphatic heterocycles. The number of oxazole rings is 1. The number of esters is 1. The van der Waals surface area contributed by atoms with Crippen molar-refractivity contribution in [2.45, 2.75) is 13.5 Å². The van der Waals surface area contributed by atoms with Gasteiger partial charge in [0, 0.05) is 29.9 Å². The van der Waals surface area contributed by atoms with E-state index in [9.17, 15) is 10.1 Å². The van der Waals surface area contributed by atoms with Gasteiger partial charge in [-0.05, 0) is 36.6 Å². The van der Waals surface area contributed by atoms with Gasteiger partial charge < -0.3 is 28.3 Å². The summed E-state index contributed by atoms with van der Waals surface area (Å²) in [5, 5.41) is 11.9. The molecule has 0 saturated carbocycles. The van der Waals surface area contributed by atoms with Crippen molar-refractivity contribution in [2.24, 2.45) is 0 Å². The van der Waals surface area contributed by atoms with E-state index in [1.165, 1.54) is 24.6 Å². The van der Waals surface area contributed by atoms with E-state index < -0.39 is 5.97 Å². The Hall–Kier alpha value is -4.40. The van der Waals surface area contributed by atoms with Gasteiger partial charge in [-0.25, -0.2) is 14.8 Å². The third kappa shape index (κ3) is 5.72. The molecule has 1 saturated heterocycles. The van der Waals surface area contributed by atoms with Gasteiger partial charge in [-0.3, -0.25) is 0 Å². The lowest BCUT2D eigenvalue weighted by molar-refractivity contribution is 0.0603. The zero-order valence-corrected chi connectivity index (χ0v) is 22.3. The van der Waals surface area contributed by atoms with Crippen LogP contribution < -0.4 is 14.4 Å². The number of pyridine rings is 1. The molecule has 11 heteroatoms. The van der Waals surface area contributed by atoms with Gasteiger partial charge in [0.15, 0.2) is 0 Å². The maximum atomic E-state index is 12.1. The molecule has 0 N–H and O–H groups in total. The molecule has 0 spiro atoms. The summed E-state index contributed by atoms with van der Waals surface area (Å²) in [5.41, 5.74) is 3.69. The highest BCUT2D eigenvalue weighted by Gasteiger charge is 2.22. The number of anilines is 1. The van der Waals surface area contributed by atoms with Gasteiger partial charge >= 0.3 is 11.9 Å². The van der Waals surface area contributed by atoms with Crippen molar-refractivity contribution in [3.63, 3.8) is 0 Å². The maximum absolute atomic E-state index is 12.1. The number of benzene rings is 1. The molecule has 39 heavy (non-hydrogen) atoms. The average Bonchev–Trinajstić information content (AvgIpc) is 3.66. The summed E-state index contributed by atoms with van der Waals surface area (Å²) in [7, 11) is 1.33. The van der Waals surface area contributed by atoms with E-state index in [-0.39, 0.29) is 29.9 Å². The van der Waals surface area contributed by atoms with Crippen molar-refractivity contribution in [2.75, 3.05) is 44.9 Å². The molecule has 5 rings (SSSR count). The molecule has 0 unspecified atom stereocenters. The monoisotopic (exact) mass is 546 g/mol. The van der Waals surface area contributed by atoms with Crippen LogP contribution in [0.25, 0.3) is 22.7 Å². The highest BCUT2D eigenvalue weighted by Crippen LogP contribution is 2.35.